The Hall–Kier alpha value is -1.39. The maximum atomic E-state index is 6.01. The molecule has 0 fully saturated rings. The summed E-state index contributed by atoms with van der Waals surface area (Å²) in [5.41, 5.74) is 4.19. The van der Waals surface area contributed by atoms with Crippen molar-refractivity contribution >= 4 is 22.9 Å². The highest BCUT2D eigenvalue weighted by Crippen LogP contribution is 2.34. The molecule has 2 nitrogen and oxygen atoms in total. The van der Waals surface area contributed by atoms with Gasteiger partial charge in [-0.05, 0) is 34.3 Å². The molecule has 4 heteroatoms. The summed E-state index contributed by atoms with van der Waals surface area (Å²) in [6.07, 6.45) is 5.09. The van der Waals surface area contributed by atoms with Gasteiger partial charge in [0.2, 0.25) is 0 Å². The number of hydrogen-bond acceptors (Lipinski definition) is 3. The van der Waals surface area contributed by atoms with E-state index in [0.29, 0.717) is 0 Å². The fraction of sp³-hybridized carbons (Fsp3) is 0.522. The standard InChI is InChI=1S/C23H32NOS2/c1-21(2,3)17-12-24(27-15-17)18-10-19(25-13-18)23(7,8)11-16-9-20(26-14-16)22(4,5)6/h9-10,12-15H,11H2,1-8H3/q+1. The third kappa shape index (κ3) is 4.55. The monoisotopic (exact) mass is 402 g/mol. The van der Waals surface area contributed by atoms with Crippen LogP contribution in [0.1, 0.15) is 77.2 Å². The largest absolute Gasteiger partial charge is 0.462 e. The third-order valence-electron chi connectivity index (χ3n) is 4.96. The van der Waals surface area contributed by atoms with Crippen molar-refractivity contribution in [3.05, 3.63) is 57.1 Å². The minimum absolute atomic E-state index is 0.0425. The van der Waals surface area contributed by atoms with Gasteiger partial charge in [0.1, 0.15) is 17.3 Å². The van der Waals surface area contributed by atoms with E-state index in [1.807, 2.05) is 17.6 Å². The van der Waals surface area contributed by atoms with E-state index in [1.165, 1.54) is 16.0 Å². The normalized spacial score (nSPS) is 13.3. The fourth-order valence-electron chi connectivity index (χ4n) is 3.06. The van der Waals surface area contributed by atoms with E-state index in [2.05, 4.69) is 88.4 Å². The first kappa shape index (κ1) is 20.3. The van der Waals surface area contributed by atoms with Gasteiger partial charge in [-0.3, -0.25) is 0 Å². The highest BCUT2D eigenvalue weighted by molar-refractivity contribution is 7.10. The minimum Gasteiger partial charge on any atom is -0.462 e. The van der Waals surface area contributed by atoms with Crippen molar-refractivity contribution < 1.29 is 8.37 Å². The molecule has 0 amide bonds. The van der Waals surface area contributed by atoms with Crippen molar-refractivity contribution in [2.45, 2.75) is 78.1 Å². The fourth-order valence-corrected chi connectivity index (χ4v) is 5.10. The molecule has 3 rings (SSSR count). The highest BCUT2D eigenvalue weighted by Gasteiger charge is 2.29. The van der Waals surface area contributed by atoms with Crippen molar-refractivity contribution in [3.63, 3.8) is 0 Å². The summed E-state index contributed by atoms with van der Waals surface area (Å²) >= 11 is 3.59. The molecule has 0 aliphatic carbocycles. The van der Waals surface area contributed by atoms with Gasteiger partial charge < -0.3 is 4.42 Å². The number of hydrogen-bond donors (Lipinski definition) is 0. The van der Waals surface area contributed by atoms with E-state index in [1.54, 1.807) is 11.5 Å². The maximum absolute atomic E-state index is 6.01. The summed E-state index contributed by atoms with van der Waals surface area (Å²) in [6, 6.07) is 4.56. The molecule has 0 unspecified atom stereocenters. The Morgan fingerprint density at radius 1 is 0.926 bits per heavy atom. The van der Waals surface area contributed by atoms with E-state index in [-0.39, 0.29) is 16.2 Å². The SMILES string of the molecule is CC(C)(C)c1cs[n+](-c2coc(C(C)(C)Cc3csc(C(C)(C)C)c3)c2)c1. The maximum Gasteiger partial charge on any atom is 0.263 e. The minimum atomic E-state index is -0.0425. The van der Waals surface area contributed by atoms with Gasteiger partial charge in [0.05, 0.1) is 11.4 Å². The molecule has 146 valence electrons. The molecule has 3 aromatic heterocycles. The quantitative estimate of drug-likeness (QED) is 0.439. The highest BCUT2D eigenvalue weighted by atomic mass is 32.1. The van der Waals surface area contributed by atoms with Crippen molar-refractivity contribution in [1.29, 1.82) is 0 Å². The zero-order valence-corrected chi connectivity index (χ0v) is 19.5. The van der Waals surface area contributed by atoms with Crippen LogP contribution in [0.4, 0.5) is 0 Å². The van der Waals surface area contributed by atoms with Crippen LogP contribution in [0, 0.1) is 0 Å². The van der Waals surface area contributed by atoms with Crippen LogP contribution in [0.25, 0.3) is 5.69 Å². The Balaban J connectivity index is 1.80. The zero-order valence-electron chi connectivity index (χ0n) is 17.8. The molecule has 0 radical (unpaired) electrons. The summed E-state index contributed by atoms with van der Waals surface area (Å²) < 4.78 is 8.21. The van der Waals surface area contributed by atoms with Crippen LogP contribution in [0.3, 0.4) is 0 Å². The van der Waals surface area contributed by atoms with E-state index in [9.17, 15) is 0 Å². The molecule has 0 aliphatic rings. The predicted octanol–water partition coefficient (Wildman–Crippen LogP) is 6.79. The summed E-state index contributed by atoms with van der Waals surface area (Å²) in [7, 11) is 0. The molecule has 0 saturated carbocycles. The zero-order chi connectivity index (χ0) is 20.0. The van der Waals surface area contributed by atoms with E-state index in [0.717, 1.165) is 17.9 Å². The second-order valence-electron chi connectivity index (χ2n) is 10.2. The molecular weight excluding hydrogens is 370 g/mol. The molecule has 0 atom stereocenters. The van der Waals surface area contributed by atoms with Crippen LogP contribution in [-0.2, 0) is 22.7 Å². The van der Waals surface area contributed by atoms with Crippen LogP contribution in [0.5, 0.6) is 0 Å². The second-order valence-corrected chi connectivity index (χ2v) is 11.9. The molecular formula is C23H32NOS2+. The number of thiophene rings is 1. The number of rotatable bonds is 4. The predicted molar refractivity (Wildman–Crippen MR) is 117 cm³/mol. The van der Waals surface area contributed by atoms with Crippen molar-refractivity contribution in [2.75, 3.05) is 0 Å². The Kier molecular flexibility index (Phi) is 5.19. The second kappa shape index (κ2) is 6.89. The van der Waals surface area contributed by atoms with Crippen molar-refractivity contribution in [3.8, 4) is 5.69 Å². The van der Waals surface area contributed by atoms with Crippen LogP contribution in [0.2, 0.25) is 0 Å². The van der Waals surface area contributed by atoms with E-state index in [4.69, 9.17) is 4.42 Å². The number of furan rings is 1. The molecule has 0 aromatic carbocycles. The first-order chi connectivity index (χ1) is 12.4. The Morgan fingerprint density at radius 2 is 1.63 bits per heavy atom. The van der Waals surface area contributed by atoms with Gasteiger partial charge >= 0.3 is 0 Å². The van der Waals surface area contributed by atoms with Crippen LogP contribution in [0.15, 0.2) is 39.8 Å². The first-order valence-electron chi connectivity index (χ1n) is 9.55. The molecule has 0 saturated heterocycles. The summed E-state index contributed by atoms with van der Waals surface area (Å²) in [5.74, 6) is 1.04. The van der Waals surface area contributed by atoms with E-state index < -0.39 is 0 Å². The number of aromatic nitrogens is 1. The van der Waals surface area contributed by atoms with Gasteiger partial charge in [0, 0.05) is 15.9 Å². The van der Waals surface area contributed by atoms with Gasteiger partial charge in [-0.25, -0.2) is 0 Å². The smallest absolute Gasteiger partial charge is 0.263 e. The van der Waals surface area contributed by atoms with Gasteiger partial charge in [-0.15, -0.1) is 11.3 Å². The molecule has 0 aliphatic heterocycles. The molecule has 3 aromatic rings. The van der Waals surface area contributed by atoms with Crippen LogP contribution >= 0.6 is 22.9 Å². The molecule has 0 N–H and O–H groups in total. The average Bonchev–Trinajstić information content (AvgIpc) is 3.25. The summed E-state index contributed by atoms with van der Waals surface area (Å²) in [4.78, 5) is 1.44. The third-order valence-corrected chi connectivity index (χ3v) is 7.27. The summed E-state index contributed by atoms with van der Waals surface area (Å²) in [5, 5.41) is 4.53. The summed E-state index contributed by atoms with van der Waals surface area (Å²) in [6.45, 7) is 18.1. The lowest BCUT2D eigenvalue weighted by Gasteiger charge is -2.21. The van der Waals surface area contributed by atoms with Gasteiger partial charge in [-0.2, -0.15) is 0 Å². The van der Waals surface area contributed by atoms with Gasteiger partial charge in [0.25, 0.3) is 5.69 Å². The lowest BCUT2D eigenvalue weighted by Crippen LogP contribution is -2.25. The average molecular weight is 403 g/mol. The lowest BCUT2D eigenvalue weighted by molar-refractivity contribution is -0.520. The molecule has 0 bridgehead atoms. The van der Waals surface area contributed by atoms with Crippen LogP contribution < -0.4 is 3.96 Å². The molecule has 0 spiro atoms. The topological polar surface area (TPSA) is 17.0 Å². The van der Waals surface area contributed by atoms with E-state index >= 15 is 0 Å². The lowest BCUT2D eigenvalue weighted by atomic mass is 9.83. The Labute approximate surface area is 172 Å². The van der Waals surface area contributed by atoms with Gasteiger partial charge in [0.15, 0.2) is 12.5 Å². The number of nitrogens with zero attached hydrogens (tertiary/aromatic N) is 1. The Morgan fingerprint density at radius 3 is 2.19 bits per heavy atom. The van der Waals surface area contributed by atoms with Crippen LogP contribution in [-0.4, -0.2) is 0 Å². The molecule has 27 heavy (non-hydrogen) atoms. The molecule has 3 heterocycles. The van der Waals surface area contributed by atoms with Crippen molar-refractivity contribution in [2.24, 2.45) is 0 Å². The Bertz CT molecular complexity index is 913. The van der Waals surface area contributed by atoms with Gasteiger partial charge in [-0.1, -0.05) is 59.3 Å². The van der Waals surface area contributed by atoms with Crippen molar-refractivity contribution in [1.82, 2.24) is 0 Å². The first-order valence-corrected chi connectivity index (χ1v) is 11.3.